The Morgan fingerprint density at radius 3 is 1.94 bits per heavy atom. The Balaban J connectivity index is 1.70. The summed E-state index contributed by atoms with van der Waals surface area (Å²) in [5.41, 5.74) is 6.77. The van der Waals surface area contributed by atoms with Gasteiger partial charge in [0.15, 0.2) is 0 Å². The second kappa shape index (κ2) is 12.4. The fourth-order valence-corrected chi connectivity index (χ4v) is 4.19. The van der Waals surface area contributed by atoms with Crippen molar-refractivity contribution in [3.63, 3.8) is 0 Å². The highest BCUT2D eigenvalue weighted by Crippen LogP contribution is 2.32. The van der Waals surface area contributed by atoms with Crippen molar-refractivity contribution in [1.82, 2.24) is 10.6 Å². The van der Waals surface area contributed by atoms with E-state index in [-0.39, 0.29) is 12.1 Å². The van der Waals surface area contributed by atoms with Crippen molar-refractivity contribution in [1.29, 1.82) is 0 Å². The van der Waals surface area contributed by atoms with Crippen LogP contribution in [0, 0.1) is 0 Å². The number of para-hydroxylation sites is 1. The van der Waals surface area contributed by atoms with E-state index >= 15 is 0 Å². The predicted octanol–water partition coefficient (Wildman–Crippen LogP) is 6.65. The molecule has 5 heteroatoms. The van der Waals surface area contributed by atoms with Gasteiger partial charge >= 0.3 is 6.03 Å². The minimum atomic E-state index is -0.182. The maximum absolute atomic E-state index is 13.0. The smallest absolute Gasteiger partial charge is 0.319 e. The molecule has 35 heavy (non-hydrogen) atoms. The Morgan fingerprint density at radius 1 is 0.800 bits per heavy atom. The first-order valence-corrected chi connectivity index (χ1v) is 12.5. The molecule has 3 aromatic rings. The molecular weight excluding hydrogens is 432 g/mol. The van der Waals surface area contributed by atoms with Gasteiger partial charge in [-0.05, 0) is 46.2 Å². The summed E-state index contributed by atoms with van der Waals surface area (Å²) in [6.07, 6.45) is 0. The Hall–Kier alpha value is -3.31. The lowest BCUT2D eigenvalue weighted by Crippen LogP contribution is -2.37. The van der Waals surface area contributed by atoms with Gasteiger partial charge in [0.25, 0.3) is 0 Å². The maximum atomic E-state index is 13.0. The number of carbonyl (C=O) groups excluding carboxylic acids is 1. The summed E-state index contributed by atoms with van der Waals surface area (Å²) in [7, 11) is 4.08. The summed E-state index contributed by atoms with van der Waals surface area (Å²) in [5.74, 6) is 0.642. The van der Waals surface area contributed by atoms with E-state index < -0.39 is 0 Å². The maximum Gasteiger partial charge on any atom is 0.319 e. The molecule has 0 spiro atoms. The second-order valence-corrected chi connectivity index (χ2v) is 9.86. The molecule has 0 aliphatic rings. The zero-order chi connectivity index (χ0) is 25.4. The average molecular weight is 473 g/mol. The average Bonchev–Trinajstić information content (AvgIpc) is 2.84. The van der Waals surface area contributed by atoms with Crippen LogP contribution < -0.4 is 20.9 Å². The quantitative estimate of drug-likeness (QED) is 0.309. The first-order valence-electron chi connectivity index (χ1n) is 12.5. The number of carbonyl (C=O) groups is 1. The highest BCUT2D eigenvalue weighted by atomic mass is 16.2. The van der Waals surface area contributed by atoms with E-state index in [0.29, 0.717) is 24.9 Å². The number of urea groups is 1. The molecule has 3 N–H and O–H groups in total. The molecule has 0 unspecified atom stereocenters. The monoisotopic (exact) mass is 472 g/mol. The lowest BCUT2D eigenvalue weighted by molar-refractivity contribution is 0.250. The highest BCUT2D eigenvalue weighted by Gasteiger charge is 2.17. The minimum Gasteiger partial charge on any atom is -0.378 e. The number of hydrogen-bond acceptors (Lipinski definition) is 3. The zero-order valence-corrected chi connectivity index (χ0v) is 21.9. The van der Waals surface area contributed by atoms with Gasteiger partial charge in [-0.15, -0.1) is 0 Å². The molecule has 0 aliphatic heterocycles. The number of hydrogen-bond donors (Lipinski definition) is 3. The van der Waals surface area contributed by atoms with E-state index in [4.69, 9.17) is 0 Å². The minimum absolute atomic E-state index is 0.0135. The topological polar surface area (TPSA) is 56.4 Å². The largest absolute Gasteiger partial charge is 0.378 e. The first-order chi connectivity index (χ1) is 16.8. The SMILES string of the molecule is CC(C)c1cccc(C(C)C)c1NC(=O)NC[C@@H](NCc1ccc(N(C)C)cc1)c1ccccc1. The van der Waals surface area contributed by atoms with Crippen LogP contribution in [0.3, 0.4) is 0 Å². The van der Waals surface area contributed by atoms with Gasteiger partial charge in [0.1, 0.15) is 0 Å². The van der Waals surface area contributed by atoms with Crippen molar-refractivity contribution in [3.05, 3.63) is 95.1 Å². The van der Waals surface area contributed by atoms with Crippen molar-refractivity contribution in [3.8, 4) is 0 Å². The number of amides is 2. The number of anilines is 2. The highest BCUT2D eigenvalue weighted by molar-refractivity contribution is 5.91. The third kappa shape index (κ3) is 7.33. The third-order valence-corrected chi connectivity index (χ3v) is 6.29. The normalized spacial score (nSPS) is 12.0. The standard InChI is InChI=1S/C30H40N4O/c1-21(2)26-13-10-14-27(22(3)4)29(26)33-30(35)32-20-28(24-11-8-7-9-12-24)31-19-23-15-17-25(18-16-23)34(5)6/h7-18,21-22,28,31H,19-20H2,1-6H3,(H2,32,33,35)/t28-/m1/s1. The van der Waals surface area contributed by atoms with Crippen molar-refractivity contribution in [2.75, 3.05) is 30.9 Å². The molecule has 0 fully saturated rings. The van der Waals surface area contributed by atoms with Crippen LogP contribution in [0.25, 0.3) is 0 Å². The zero-order valence-electron chi connectivity index (χ0n) is 21.9. The summed E-state index contributed by atoms with van der Waals surface area (Å²) in [5, 5.41) is 9.88. The molecule has 2 amide bonds. The molecule has 1 atom stereocenters. The molecule has 3 rings (SSSR count). The molecular formula is C30H40N4O. The van der Waals surface area contributed by atoms with E-state index in [9.17, 15) is 4.79 Å². The molecule has 0 saturated carbocycles. The molecule has 186 valence electrons. The van der Waals surface area contributed by atoms with Crippen LogP contribution in [-0.4, -0.2) is 26.7 Å². The number of nitrogens with one attached hydrogen (secondary N) is 3. The van der Waals surface area contributed by atoms with Crippen LogP contribution >= 0.6 is 0 Å². The van der Waals surface area contributed by atoms with E-state index in [0.717, 1.165) is 22.4 Å². The van der Waals surface area contributed by atoms with Crippen molar-refractivity contribution in [2.24, 2.45) is 0 Å². The van der Waals surface area contributed by atoms with Crippen LogP contribution in [0.4, 0.5) is 16.2 Å². The van der Waals surface area contributed by atoms with Gasteiger partial charge in [-0.2, -0.15) is 0 Å². The van der Waals surface area contributed by atoms with E-state index in [1.807, 2.05) is 32.3 Å². The van der Waals surface area contributed by atoms with E-state index in [1.54, 1.807) is 0 Å². The number of nitrogens with zero attached hydrogens (tertiary/aromatic N) is 1. The Morgan fingerprint density at radius 2 is 1.40 bits per heavy atom. The lowest BCUT2D eigenvalue weighted by atomic mass is 9.93. The van der Waals surface area contributed by atoms with Crippen molar-refractivity contribution < 1.29 is 4.79 Å². The molecule has 0 aromatic heterocycles. The van der Waals surface area contributed by atoms with Crippen LogP contribution in [0.1, 0.15) is 67.8 Å². The van der Waals surface area contributed by atoms with E-state index in [2.05, 4.69) is 103 Å². The molecule has 5 nitrogen and oxygen atoms in total. The van der Waals surface area contributed by atoms with Gasteiger partial charge in [-0.1, -0.05) is 88.4 Å². The van der Waals surface area contributed by atoms with Crippen molar-refractivity contribution >= 4 is 17.4 Å². The molecule has 0 aliphatic carbocycles. The molecule has 0 radical (unpaired) electrons. The van der Waals surface area contributed by atoms with E-state index in [1.165, 1.54) is 11.3 Å². The van der Waals surface area contributed by atoms with Gasteiger partial charge in [0.2, 0.25) is 0 Å². The summed E-state index contributed by atoms with van der Waals surface area (Å²) < 4.78 is 0. The number of benzene rings is 3. The fourth-order valence-electron chi connectivity index (χ4n) is 4.19. The van der Waals surface area contributed by atoms with Crippen LogP contribution in [-0.2, 0) is 6.54 Å². The van der Waals surface area contributed by atoms with Gasteiger partial charge in [-0.25, -0.2) is 4.79 Å². The third-order valence-electron chi connectivity index (χ3n) is 6.29. The molecule has 3 aromatic carbocycles. The van der Waals surface area contributed by atoms with Crippen LogP contribution in [0.5, 0.6) is 0 Å². The predicted molar refractivity (Wildman–Crippen MR) is 148 cm³/mol. The first kappa shape index (κ1) is 26.3. The fraction of sp³-hybridized carbons (Fsp3) is 0.367. The Kier molecular flexibility index (Phi) is 9.32. The summed E-state index contributed by atoms with van der Waals surface area (Å²) in [6, 6.07) is 24.9. The van der Waals surface area contributed by atoms with Gasteiger partial charge < -0.3 is 20.9 Å². The van der Waals surface area contributed by atoms with Gasteiger partial charge in [-0.3, -0.25) is 0 Å². The number of rotatable bonds is 10. The van der Waals surface area contributed by atoms with Crippen LogP contribution in [0.15, 0.2) is 72.8 Å². The Bertz CT molecular complexity index is 1050. The second-order valence-electron chi connectivity index (χ2n) is 9.86. The molecule has 0 bridgehead atoms. The van der Waals surface area contributed by atoms with Gasteiger partial charge in [0, 0.05) is 44.6 Å². The Labute approximate surface area is 210 Å². The summed E-state index contributed by atoms with van der Waals surface area (Å²) >= 11 is 0. The van der Waals surface area contributed by atoms with Crippen LogP contribution in [0.2, 0.25) is 0 Å². The van der Waals surface area contributed by atoms with Gasteiger partial charge in [0.05, 0.1) is 0 Å². The lowest BCUT2D eigenvalue weighted by Gasteiger charge is -2.23. The van der Waals surface area contributed by atoms with Crippen molar-refractivity contribution in [2.45, 2.75) is 52.1 Å². The summed E-state index contributed by atoms with van der Waals surface area (Å²) in [4.78, 5) is 15.1. The molecule has 0 saturated heterocycles. The molecule has 0 heterocycles. The summed E-state index contributed by atoms with van der Waals surface area (Å²) in [6.45, 7) is 9.81.